The van der Waals surface area contributed by atoms with E-state index in [2.05, 4.69) is 17.6 Å². The van der Waals surface area contributed by atoms with Crippen LogP contribution in [0.15, 0.2) is 24.3 Å². The predicted octanol–water partition coefficient (Wildman–Crippen LogP) is 2.61. The zero-order valence-electron chi connectivity index (χ0n) is 12.7. The average Bonchev–Trinajstić information content (AvgIpc) is 2.90. The number of hydrogen-bond donors (Lipinski definition) is 3. The van der Waals surface area contributed by atoms with E-state index < -0.39 is 6.10 Å². The molecule has 0 aliphatic carbocycles. The van der Waals surface area contributed by atoms with Crippen molar-refractivity contribution in [1.82, 2.24) is 10.6 Å². The third-order valence-electron chi connectivity index (χ3n) is 3.93. The predicted molar refractivity (Wildman–Crippen MR) is 87.6 cm³/mol. The van der Waals surface area contributed by atoms with Crippen LogP contribution in [0.4, 0.5) is 4.79 Å². The summed E-state index contributed by atoms with van der Waals surface area (Å²) in [7, 11) is 0. The molecule has 0 spiro atoms. The quantitative estimate of drug-likeness (QED) is 0.783. The van der Waals surface area contributed by atoms with Gasteiger partial charge < -0.3 is 15.7 Å². The third kappa shape index (κ3) is 4.64. The van der Waals surface area contributed by atoms with Gasteiger partial charge in [-0.2, -0.15) is 11.8 Å². The number of urea groups is 1. The molecule has 2 unspecified atom stereocenters. The Morgan fingerprint density at radius 3 is 2.86 bits per heavy atom. The summed E-state index contributed by atoms with van der Waals surface area (Å²) in [6.07, 6.45) is 1.69. The minimum absolute atomic E-state index is 0.159. The molecule has 1 aromatic carbocycles. The van der Waals surface area contributed by atoms with E-state index in [1.807, 2.05) is 43.0 Å². The SMILES string of the molecule is Cc1ccccc1C(O)CNC(=O)NCC1(C)CCCS1. The molecule has 2 amide bonds. The molecule has 1 fully saturated rings. The van der Waals surface area contributed by atoms with Crippen molar-refractivity contribution < 1.29 is 9.90 Å². The largest absolute Gasteiger partial charge is 0.387 e. The maximum atomic E-state index is 11.8. The summed E-state index contributed by atoms with van der Waals surface area (Å²) < 4.78 is 0.159. The number of aliphatic hydroxyl groups is 1. The Kier molecular flexibility index (Phi) is 5.53. The van der Waals surface area contributed by atoms with Gasteiger partial charge in [0.25, 0.3) is 0 Å². The molecule has 0 radical (unpaired) electrons. The van der Waals surface area contributed by atoms with Gasteiger partial charge in [-0.05, 0) is 43.6 Å². The molecule has 1 aliphatic rings. The van der Waals surface area contributed by atoms with Crippen molar-refractivity contribution in [2.24, 2.45) is 0 Å². The number of carbonyl (C=O) groups is 1. The Bertz CT molecular complexity index is 487. The van der Waals surface area contributed by atoms with Crippen LogP contribution in [-0.2, 0) is 0 Å². The van der Waals surface area contributed by atoms with Crippen LogP contribution in [0.5, 0.6) is 0 Å². The van der Waals surface area contributed by atoms with Crippen molar-refractivity contribution in [3.05, 3.63) is 35.4 Å². The summed E-state index contributed by atoms with van der Waals surface area (Å²) in [6.45, 7) is 5.04. The molecule has 2 rings (SSSR count). The lowest BCUT2D eigenvalue weighted by molar-refractivity contribution is 0.172. The van der Waals surface area contributed by atoms with E-state index in [4.69, 9.17) is 0 Å². The van der Waals surface area contributed by atoms with Crippen molar-refractivity contribution in [3.63, 3.8) is 0 Å². The second-order valence-corrected chi connectivity index (χ2v) is 7.52. The molecule has 0 aromatic heterocycles. The number of aliphatic hydroxyl groups excluding tert-OH is 1. The summed E-state index contributed by atoms with van der Waals surface area (Å²) in [4.78, 5) is 11.8. The molecule has 1 aromatic rings. The van der Waals surface area contributed by atoms with Gasteiger partial charge in [0.2, 0.25) is 0 Å². The van der Waals surface area contributed by atoms with E-state index >= 15 is 0 Å². The molecular weight excluding hydrogens is 284 g/mol. The second kappa shape index (κ2) is 7.18. The Hall–Kier alpha value is -1.20. The number of thioether (sulfide) groups is 1. The number of nitrogens with one attached hydrogen (secondary N) is 2. The molecule has 0 saturated carbocycles. The van der Waals surface area contributed by atoms with E-state index in [-0.39, 0.29) is 17.3 Å². The molecule has 3 N–H and O–H groups in total. The molecule has 0 bridgehead atoms. The second-order valence-electron chi connectivity index (χ2n) is 5.84. The molecule has 4 nitrogen and oxygen atoms in total. The summed E-state index contributed by atoms with van der Waals surface area (Å²) in [5.74, 6) is 1.17. The van der Waals surface area contributed by atoms with Crippen molar-refractivity contribution in [3.8, 4) is 0 Å². The van der Waals surface area contributed by atoms with Gasteiger partial charge in [0.15, 0.2) is 0 Å². The monoisotopic (exact) mass is 308 g/mol. The number of amides is 2. The van der Waals surface area contributed by atoms with Crippen LogP contribution in [0.25, 0.3) is 0 Å². The zero-order chi connectivity index (χ0) is 15.3. The van der Waals surface area contributed by atoms with E-state index in [0.29, 0.717) is 6.54 Å². The highest BCUT2D eigenvalue weighted by atomic mass is 32.2. The minimum Gasteiger partial charge on any atom is -0.387 e. The molecule has 5 heteroatoms. The Labute approximate surface area is 130 Å². The van der Waals surface area contributed by atoms with Crippen molar-refractivity contribution >= 4 is 17.8 Å². The molecule has 21 heavy (non-hydrogen) atoms. The van der Waals surface area contributed by atoms with Crippen LogP contribution in [0, 0.1) is 6.92 Å². The zero-order valence-corrected chi connectivity index (χ0v) is 13.5. The topological polar surface area (TPSA) is 61.4 Å². The fraction of sp³-hybridized carbons (Fsp3) is 0.562. The van der Waals surface area contributed by atoms with Crippen LogP contribution < -0.4 is 10.6 Å². The van der Waals surface area contributed by atoms with E-state index in [1.165, 1.54) is 12.2 Å². The molecule has 1 heterocycles. The molecule has 116 valence electrons. The number of aryl methyl sites for hydroxylation is 1. The summed E-state index contributed by atoms with van der Waals surface area (Å²) >= 11 is 1.92. The van der Waals surface area contributed by atoms with Gasteiger partial charge in [-0.1, -0.05) is 24.3 Å². The van der Waals surface area contributed by atoms with Crippen LogP contribution in [0.2, 0.25) is 0 Å². The van der Waals surface area contributed by atoms with Crippen LogP contribution in [0.3, 0.4) is 0 Å². The highest BCUT2D eigenvalue weighted by Crippen LogP contribution is 2.36. The van der Waals surface area contributed by atoms with E-state index in [9.17, 15) is 9.90 Å². The van der Waals surface area contributed by atoms with Gasteiger partial charge in [-0.25, -0.2) is 4.79 Å². The lowest BCUT2D eigenvalue weighted by atomic mass is 10.0. The van der Waals surface area contributed by atoms with Gasteiger partial charge in [0.1, 0.15) is 0 Å². The van der Waals surface area contributed by atoms with Crippen LogP contribution in [0.1, 0.15) is 37.0 Å². The van der Waals surface area contributed by atoms with Crippen molar-refractivity contribution in [2.75, 3.05) is 18.8 Å². The van der Waals surface area contributed by atoms with Crippen molar-refractivity contribution in [1.29, 1.82) is 0 Å². The third-order valence-corrected chi connectivity index (χ3v) is 5.46. The molecular formula is C16H24N2O2S. The Morgan fingerprint density at radius 2 is 2.19 bits per heavy atom. The van der Waals surface area contributed by atoms with Gasteiger partial charge in [-0.15, -0.1) is 0 Å². The number of rotatable bonds is 5. The Balaban J connectivity index is 1.75. The number of benzene rings is 1. The van der Waals surface area contributed by atoms with Crippen LogP contribution >= 0.6 is 11.8 Å². The first kappa shape index (κ1) is 16.2. The lowest BCUT2D eigenvalue weighted by Crippen LogP contribution is -2.43. The standard InChI is InChI=1S/C16H24N2O2S/c1-12-6-3-4-7-13(12)14(19)10-17-15(20)18-11-16(2)8-5-9-21-16/h3-4,6-7,14,19H,5,8-11H2,1-2H3,(H2,17,18,20). The fourth-order valence-electron chi connectivity index (χ4n) is 2.57. The molecule has 2 atom stereocenters. The van der Waals surface area contributed by atoms with Gasteiger partial charge in [-0.3, -0.25) is 0 Å². The minimum atomic E-state index is -0.673. The summed E-state index contributed by atoms with van der Waals surface area (Å²) in [5, 5.41) is 15.8. The Morgan fingerprint density at radius 1 is 1.43 bits per heavy atom. The first-order valence-corrected chi connectivity index (χ1v) is 8.38. The first-order chi connectivity index (χ1) is 10.0. The number of hydrogen-bond acceptors (Lipinski definition) is 3. The average molecular weight is 308 g/mol. The molecule has 1 aliphatic heterocycles. The maximum absolute atomic E-state index is 11.8. The molecule has 1 saturated heterocycles. The smallest absolute Gasteiger partial charge is 0.314 e. The highest BCUT2D eigenvalue weighted by Gasteiger charge is 2.29. The normalized spacial score (nSPS) is 22.8. The van der Waals surface area contributed by atoms with Crippen molar-refractivity contribution in [2.45, 2.75) is 37.5 Å². The van der Waals surface area contributed by atoms with Gasteiger partial charge in [0, 0.05) is 17.8 Å². The van der Waals surface area contributed by atoms with Crippen LogP contribution in [-0.4, -0.2) is 34.7 Å². The maximum Gasteiger partial charge on any atom is 0.314 e. The number of carbonyl (C=O) groups excluding carboxylic acids is 1. The summed E-state index contributed by atoms with van der Waals surface area (Å²) in [6, 6.07) is 7.46. The van der Waals surface area contributed by atoms with E-state index in [1.54, 1.807) is 0 Å². The van der Waals surface area contributed by atoms with Gasteiger partial charge >= 0.3 is 6.03 Å². The first-order valence-electron chi connectivity index (χ1n) is 7.39. The fourth-order valence-corrected chi connectivity index (χ4v) is 3.81. The lowest BCUT2D eigenvalue weighted by Gasteiger charge is -2.23. The summed E-state index contributed by atoms with van der Waals surface area (Å²) in [5.41, 5.74) is 1.89. The van der Waals surface area contributed by atoms with Gasteiger partial charge in [0.05, 0.1) is 6.10 Å². The highest BCUT2D eigenvalue weighted by molar-refractivity contribution is 8.00. The van der Waals surface area contributed by atoms with E-state index in [0.717, 1.165) is 17.5 Å².